The van der Waals surface area contributed by atoms with Crippen LogP contribution in [-0.2, 0) is 18.9 Å². The molecule has 0 atom stereocenters. The van der Waals surface area contributed by atoms with Crippen molar-refractivity contribution in [3.63, 3.8) is 0 Å². The summed E-state index contributed by atoms with van der Waals surface area (Å²) in [5.41, 5.74) is -0.0799. The van der Waals surface area contributed by atoms with Crippen LogP contribution in [0.1, 0.15) is 0 Å². The van der Waals surface area contributed by atoms with Gasteiger partial charge < -0.3 is 9.31 Å². The van der Waals surface area contributed by atoms with E-state index >= 15 is 0 Å². The number of likely N-dealkylation sites (N-methyl/N-ethyl adjacent to an activating group) is 1. The molecule has 0 radical (unpaired) electrons. The van der Waals surface area contributed by atoms with E-state index in [9.17, 15) is 14.0 Å². The van der Waals surface area contributed by atoms with E-state index in [0.717, 1.165) is 0 Å². The van der Waals surface area contributed by atoms with Crippen molar-refractivity contribution in [3.05, 3.63) is 24.3 Å². The predicted molar refractivity (Wildman–Crippen MR) is 59.3 cm³/mol. The molecule has 0 saturated carbocycles. The zero-order valence-corrected chi connectivity index (χ0v) is 9.63. The van der Waals surface area contributed by atoms with E-state index in [0.29, 0.717) is 0 Å². The second-order valence-electron chi connectivity index (χ2n) is 3.87. The Morgan fingerprint density at radius 3 is 2.50 bits per heavy atom. The summed E-state index contributed by atoms with van der Waals surface area (Å²) in [6, 6.07) is 2.81. The zero-order valence-electron chi connectivity index (χ0n) is 9.63. The summed E-state index contributed by atoms with van der Waals surface area (Å²) in [7, 11) is 0.195. The molecule has 6 nitrogen and oxygen atoms in total. The lowest BCUT2D eigenvalue weighted by molar-refractivity contribution is -0.145. The molecule has 18 heavy (non-hydrogen) atoms. The van der Waals surface area contributed by atoms with Gasteiger partial charge in [-0.1, -0.05) is 6.07 Å². The van der Waals surface area contributed by atoms with Crippen molar-refractivity contribution in [2.45, 2.75) is 0 Å². The number of hydrogen-bond acceptors (Lipinski definition) is 6. The first-order valence-corrected chi connectivity index (χ1v) is 5.24. The third-order valence-electron chi connectivity index (χ3n) is 2.32. The van der Waals surface area contributed by atoms with E-state index in [4.69, 9.17) is 9.31 Å². The van der Waals surface area contributed by atoms with Gasteiger partial charge in [0.2, 0.25) is 5.95 Å². The maximum Gasteiger partial charge on any atom is 0.641 e. The topological polar surface area (TPSA) is 68.7 Å². The fourth-order valence-electron chi connectivity index (χ4n) is 1.54. The molecule has 1 aromatic heterocycles. The summed E-state index contributed by atoms with van der Waals surface area (Å²) in [5.74, 6) is -2.03. The molecule has 0 amide bonds. The Hall–Kier alpha value is -1.96. The molecule has 0 bridgehead atoms. The third kappa shape index (κ3) is 2.83. The molecule has 0 unspecified atom stereocenters. The average Bonchev–Trinajstić information content (AvgIpc) is 2.26. The number of hydrogen-bond donors (Lipinski definition) is 0. The molecule has 0 aromatic carbocycles. The lowest BCUT2D eigenvalue weighted by atomic mass is 9.79. The van der Waals surface area contributed by atoms with Crippen molar-refractivity contribution in [1.29, 1.82) is 0 Å². The SMILES string of the molecule is CN1CC(=O)OB(c2cccnc2F)OC(=O)C1. The van der Waals surface area contributed by atoms with Gasteiger partial charge in [0.05, 0.1) is 18.6 Å². The highest BCUT2D eigenvalue weighted by Gasteiger charge is 2.36. The van der Waals surface area contributed by atoms with Crippen molar-refractivity contribution < 1.29 is 23.3 Å². The first-order valence-electron chi connectivity index (χ1n) is 5.24. The number of aromatic nitrogens is 1. The maximum absolute atomic E-state index is 13.4. The highest BCUT2D eigenvalue weighted by molar-refractivity contribution is 6.64. The summed E-state index contributed by atoms with van der Waals surface area (Å²) < 4.78 is 23.2. The average molecular weight is 252 g/mol. The van der Waals surface area contributed by atoms with Gasteiger partial charge in [0.25, 0.3) is 0 Å². The van der Waals surface area contributed by atoms with Gasteiger partial charge in [0, 0.05) is 6.20 Å². The van der Waals surface area contributed by atoms with Crippen LogP contribution in [0.3, 0.4) is 0 Å². The predicted octanol–water partition coefficient (Wildman–Crippen LogP) is -1.05. The highest BCUT2D eigenvalue weighted by atomic mass is 19.1. The van der Waals surface area contributed by atoms with E-state index in [1.807, 2.05) is 0 Å². The van der Waals surface area contributed by atoms with Crippen LogP contribution in [0.2, 0.25) is 0 Å². The molecule has 1 aliphatic heterocycles. The largest absolute Gasteiger partial charge is 0.641 e. The molecule has 1 fully saturated rings. The maximum atomic E-state index is 13.4. The van der Waals surface area contributed by atoms with E-state index in [2.05, 4.69) is 4.98 Å². The van der Waals surface area contributed by atoms with Gasteiger partial charge in [0.1, 0.15) is 0 Å². The lowest BCUT2D eigenvalue weighted by Crippen LogP contribution is -2.48. The van der Waals surface area contributed by atoms with Crippen LogP contribution in [0.15, 0.2) is 18.3 Å². The van der Waals surface area contributed by atoms with Gasteiger partial charge in [-0.15, -0.1) is 0 Å². The van der Waals surface area contributed by atoms with E-state index < -0.39 is 25.0 Å². The van der Waals surface area contributed by atoms with Crippen LogP contribution in [0, 0.1) is 5.95 Å². The molecule has 0 aliphatic carbocycles. The third-order valence-corrected chi connectivity index (χ3v) is 2.32. The van der Waals surface area contributed by atoms with Crippen molar-refractivity contribution >= 4 is 24.5 Å². The van der Waals surface area contributed by atoms with Crippen LogP contribution in [0.5, 0.6) is 0 Å². The van der Waals surface area contributed by atoms with Gasteiger partial charge in [-0.05, 0) is 13.1 Å². The second-order valence-corrected chi connectivity index (χ2v) is 3.87. The Labute approximate surface area is 103 Å². The lowest BCUT2D eigenvalue weighted by Gasteiger charge is -2.22. The van der Waals surface area contributed by atoms with Gasteiger partial charge in [-0.2, -0.15) is 4.39 Å². The molecule has 1 saturated heterocycles. The number of rotatable bonds is 1. The molecule has 0 spiro atoms. The number of pyridine rings is 1. The highest BCUT2D eigenvalue weighted by Crippen LogP contribution is 2.02. The molecule has 1 aliphatic rings. The second kappa shape index (κ2) is 5.13. The number of nitrogens with zero attached hydrogens (tertiary/aromatic N) is 2. The Morgan fingerprint density at radius 2 is 1.94 bits per heavy atom. The summed E-state index contributed by atoms with van der Waals surface area (Å²) in [6.07, 6.45) is 1.25. The van der Waals surface area contributed by atoms with Gasteiger partial charge in [0.15, 0.2) is 0 Å². The molecule has 2 rings (SSSR count). The Morgan fingerprint density at radius 1 is 1.33 bits per heavy atom. The summed E-state index contributed by atoms with van der Waals surface area (Å²) in [4.78, 5) is 27.8. The standard InChI is InChI=1S/C10H10BFN2O4/c1-14-5-8(15)17-11(18-9(16)6-14)7-3-2-4-13-10(7)12/h2-4H,5-6H2,1H3. The number of carbonyl (C=O) groups is 2. The van der Waals surface area contributed by atoms with Crippen LogP contribution in [0.25, 0.3) is 0 Å². The van der Waals surface area contributed by atoms with Gasteiger partial charge in [-0.25, -0.2) is 4.98 Å². The van der Waals surface area contributed by atoms with E-state index in [1.54, 1.807) is 7.05 Å². The monoisotopic (exact) mass is 252 g/mol. The first kappa shape index (κ1) is 12.5. The number of carbonyl (C=O) groups excluding carboxylic acids is 2. The molecular weight excluding hydrogens is 242 g/mol. The minimum atomic E-state index is -1.38. The van der Waals surface area contributed by atoms with Crippen LogP contribution in [-0.4, -0.2) is 49.1 Å². The van der Waals surface area contributed by atoms with Crippen molar-refractivity contribution in [2.75, 3.05) is 20.1 Å². The summed E-state index contributed by atoms with van der Waals surface area (Å²) >= 11 is 0. The Bertz CT molecular complexity index is 465. The van der Waals surface area contributed by atoms with E-state index in [1.165, 1.54) is 23.2 Å². The Kier molecular flexibility index (Phi) is 3.56. The number of halogens is 1. The van der Waals surface area contributed by atoms with Crippen molar-refractivity contribution in [3.8, 4) is 0 Å². The first-order chi connectivity index (χ1) is 8.56. The Balaban J connectivity index is 2.24. The summed E-state index contributed by atoms with van der Waals surface area (Å²) in [6.45, 7) is -0.124. The fourth-order valence-corrected chi connectivity index (χ4v) is 1.54. The molecule has 94 valence electrons. The van der Waals surface area contributed by atoms with Crippen LogP contribution >= 0.6 is 0 Å². The van der Waals surface area contributed by atoms with Gasteiger partial charge >= 0.3 is 19.1 Å². The molecule has 2 heterocycles. The normalized spacial score (nSPS) is 17.8. The minimum Gasteiger partial charge on any atom is -0.494 e. The molecule has 1 aromatic rings. The fraction of sp³-hybridized carbons (Fsp3) is 0.300. The zero-order chi connectivity index (χ0) is 13.1. The van der Waals surface area contributed by atoms with Gasteiger partial charge in [-0.3, -0.25) is 14.5 Å². The molecule has 8 heteroatoms. The minimum absolute atomic E-state index is 0.0620. The van der Waals surface area contributed by atoms with E-state index in [-0.39, 0.29) is 18.6 Å². The van der Waals surface area contributed by atoms with Crippen LogP contribution < -0.4 is 5.46 Å². The molecule has 0 N–H and O–H groups in total. The summed E-state index contributed by atoms with van der Waals surface area (Å²) in [5, 5.41) is 0. The quantitative estimate of drug-likeness (QED) is 0.469. The smallest absolute Gasteiger partial charge is 0.494 e. The molecular formula is C10H10BFN2O4. The van der Waals surface area contributed by atoms with Crippen molar-refractivity contribution in [2.24, 2.45) is 0 Å². The van der Waals surface area contributed by atoms with Crippen LogP contribution in [0.4, 0.5) is 4.39 Å². The van der Waals surface area contributed by atoms with Crippen molar-refractivity contribution in [1.82, 2.24) is 9.88 Å².